The second kappa shape index (κ2) is 6.16. The smallest absolute Gasteiger partial charge is 0.236 e. The zero-order valence-electron chi connectivity index (χ0n) is 7.39. The van der Waals surface area contributed by atoms with Crippen LogP contribution in [-0.2, 0) is 4.79 Å². The van der Waals surface area contributed by atoms with Gasteiger partial charge in [0, 0.05) is 5.92 Å². The van der Waals surface area contributed by atoms with Crippen LogP contribution in [0.5, 0.6) is 0 Å². The summed E-state index contributed by atoms with van der Waals surface area (Å²) in [4.78, 5) is 11.1. The van der Waals surface area contributed by atoms with Crippen LogP contribution in [0, 0.1) is 5.92 Å². The second-order valence-electron chi connectivity index (χ2n) is 2.78. The number of nitrogens with one attached hydrogen (secondary N) is 1. The maximum atomic E-state index is 11.1. The minimum Gasteiger partial charge on any atom is -0.294 e. The molecule has 0 radical (unpaired) electrons. The van der Waals surface area contributed by atoms with E-state index in [1.54, 1.807) is 0 Å². The van der Waals surface area contributed by atoms with Gasteiger partial charge in [-0.25, -0.2) is 5.84 Å². The first-order chi connectivity index (χ1) is 5.26. The van der Waals surface area contributed by atoms with Crippen LogP contribution in [0.4, 0.5) is 0 Å². The summed E-state index contributed by atoms with van der Waals surface area (Å²) in [5.74, 6) is 5.13. The van der Waals surface area contributed by atoms with Gasteiger partial charge in [-0.2, -0.15) is 0 Å². The van der Waals surface area contributed by atoms with E-state index < -0.39 is 0 Å². The Bertz CT molecular complexity index is 109. The normalized spacial score (nSPS) is 10.2. The van der Waals surface area contributed by atoms with Crippen molar-refractivity contribution < 1.29 is 4.79 Å². The summed E-state index contributed by atoms with van der Waals surface area (Å²) in [6.45, 7) is 4.15. The van der Waals surface area contributed by atoms with E-state index in [-0.39, 0.29) is 11.8 Å². The van der Waals surface area contributed by atoms with E-state index in [1.807, 2.05) is 0 Å². The molecule has 0 aliphatic rings. The molecular weight excluding hydrogens is 140 g/mol. The Morgan fingerprint density at radius 1 is 1.36 bits per heavy atom. The van der Waals surface area contributed by atoms with Crippen molar-refractivity contribution in [2.75, 3.05) is 0 Å². The zero-order valence-corrected chi connectivity index (χ0v) is 7.39. The first-order valence-corrected chi connectivity index (χ1v) is 4.26. The van der Waals surface area contributed by atoms with Crippen LogP contribution >= 0.6 is 0 Å². The number of hydrogen-bond donors (Lipinski definition) is 2. The summed E-state index contributed by atoms with van der Waals surface area (Å²) < 4.78 is 0. The SMILES string of the molecule is CCCC(CCC)C(=O)NN. The van der Waals surface area contributed by atoms with Gasteiger partial charge in [0.25, 0.3) is 0 Å². The van der Waals surface area contributed by atoms with Crippen LogP contribution in [0.25, 0.3) is 0 Å². The Morgan fingerprint density at radius 2 is 1.82 bits per heavy atom. The highest BCUT2D eigenvalue weighted by Crippen LogP contribution is 2.12. The lowest BCUT2D eigenvalue weighted by atomic mass is 9.98. The number of rotatable bonds is 5. The van der Waals surface area contributed by atoms with Crippen molar-refractivity contribution in [3.63, 3.8) is 0 Å². The van der Waals surface area contributed by atoms with Gasteiger partial charge in [-0.1, -0.05) is 26.7 Å². The molecule has 0 aromatic heterocycles. The zero-order chi connectivity index (χ0) is 8.69. The van der Waals surface area contributed by atoms with E-state index in [0.29, 0.717) is 0 Å². The van der Waals surface area contributed by atoms with Crippen molar-refractivity contribution in [1.29, 1.82) is 0 Å². The quantitative estimate of drug-likeness (QED) is 0.359. The molecule has 66 valence electrons. The molecule has 0 aromatic carbocycles. The van der Waals surface area contributed by atoms with Crippen LogP contribution in [-0.4, -0.2) is 5.91 Å². The predicted molar refractivity (Wildman–Crippen MR) is 45.6 cm³/mol. The Kier molecular flexibility index (Phi) is 5.84. The molecule has 0 fully saturated rings. The molecule has 3 N–H and O–H groups in total. The molecule has 0 heterocycles. The molecule has 1 amide bonds. The van der Waals surface area contributed by atoms with Gasteiger partial charge in [0.2, 0.25) is 5.91 Å². The lowest BCUT2D eigenvalue weighted by molar-refractivity contribution is -0.125. The lowest BCUT2D eigenvalue weighted by Gasteiger charge is -2.12. The maximum Gasteiger partial charge on any atom is 0.236 e. The van der Waals surface area contributed by atoms with Crippen molar-refractivity contribution >= 4 is 5.91 Å². The molecule has 3 heteroatoms. The second-order valence-corrected chi connectivity index (χ2v) is 2.78. The van der Waals surface area contributed by atoms with Gasteiger partial charge in [-0.15, -0.1) is 0 Å². The molecule has 0 saturated heterocycles. The van der Waals surface area contributed by atoms with Gasteiger partial charge in [0.05, 0.1) is 0 Å². The number of amides is 1. The summed E-state index contributed by atoms with van der Waals surface area (Å²) in [6, 6.07) is 0. The van der Waals surface area contributed by atoms with E-state index in [0.717, 1.165) is 25.7 Å². The predicted octanol–water partition coefficient (Wildman–Crippen LogP) is 1.19. The average molecular weight is 158 g/mol. The highest BCUT2D eigenvalue weighted by molar-refractivity contribution is 5.77. The van der Waals surface area contributed by atoms with E-state index >= 15 is 0 Å². The van der Waals surface area contributed by atoms with Crippen molar-refractivity contribution in [3.8, 4) is 0 Å². The van der Waals surface area contributed by atoms with Crippen LogP contribution in [0.3, 0.4) is 0 Å². The summed E-state index contributed by atoms with van der Waals surface area (Å²) in [5.41, 5.74) is 2.20. The fourth-order valence-corrected chi connectivity index (χ4v) is 1.22. The number of carbonyl (C=O) groups excluding carboxylic acids is 1. The van der Waals surface area contributed by atoms with E-state index in [4.69, 9.17) is 5.84 Å². The van der Waals surface area contributed by atoms with Crippen molar-refractivity contribution in [3.05, 3.63) is 0 Å². The molecule has 0 atom stereocenters. The molecule has 0 aliphatic carbocycles. The third-order valence-corrected chi connectivity index (χ3v) is 1.79. The maximum absolute atomic E-state index is 11.1. The topological polar surface area (TPSA) is 55.1 Å². The summed E-state index contributed by atoms with van der Waals surface area (Å²) in [5, 5.41) is 0. The standard InChI is InChI=1S/C8H18N2O/c1-3-5-7(6-4-2)8(11)10-9/h7H,3-6,9H2,1-2H3,(H,10,11). The number of carbonyl (C=O) groups is 1. The molecule has 0 rings (SSSR count). The Morgan fingerprint density at radius 3 is 2.09 bits per heavy atom. The molecule has 11 heavy (non-hydrogen) atoms. The van der Waals surface area contributed by atoms with E-state index in [1.165, 1.54) is 0 Å². The highest BCUT2D eigenvalue weighted by atomic mass is 16.2. The van der Waals surface area contributed by atoms with Gasteiger partial charge in [0.15, 0.2) is 0 Å². The van der Waals surface area contributed by atoms with Gasteiger partial charge < -0.3 is 0 Å². The molecule has 0 aliphatic heterocycles. The third kappa shape index (κ3) is 3.98. The molecule has 0 unspecified atom stereocenters. The first kappa shape index (κ1) is 10.4. The number of nitrogens with two attached hydrogens (primary N) is 1. The van der Waals surface area contributed by atoms with Crippen molar-refractivity contribution in [2.24, 2.45) is 11.8 Å². The number of hydrogen-bond acceptors (Lipinski definition) is 2. The van der Waals surface area contributed by atoms with Crippen LogP contribution < -0.4 is 11.3 Å². The summed E-state index contributed by atoms with van der Waals surface area (Å²) in [6.07, 6.45) is 3.96. The first-order valence-electron chi connectivity index (χ1n) is 4.26. The fourth-order valence-electron chi connectivity index (χ4n) is 1.22. The molecule has 0 spiro atoms. The average Bonchev–Trinajstić information content (AvgIpc) is 2.03. The van der Waals surface area contributed by atoms with Crippen LogP contribution in [0.2, 0.25) is 0 Å². The van der Waals surface area contributed by atoms with Gasteiger partial charge >= 0.3 is 0 Å². The monoisotopic (exact) mass is 158 g/mol. The molecule has 0 saturated carbocycles. The van der Waals surface area contributed by atoms with Gasteiger partial charge in [0.1, 0.15) is 0 Å². The summed E-state index contributed by atoms with van der Waals surface area (Å²) >= 11 is 0. The van der Waals surface area contributed by atoms with Gasteiger partial charge in [-0.3, -0.25) is 10.2 Å². The largest absolute Gasteiger partial charge is 0.294 e. The van der Waals surface area contributed by atoms with Gasteiger partial charge in [-0.05, 0) is 12.8 Å². The summed E-state index contributed by atoms with van der Waals surface area (Å²) in [7, 11) is 0. The Hall–Kier alpha value is -0.570. The Balaban J connectivity index is 3.76. The highest BCUT2D eigenvalue weighted by Gasteiger charge is 2.14. The van der Waals surface area contributed by atoms with Crippen molar-refractivity contribution in [1.82, 2.24) is 5.43 Å². The molecule has 3 nitrogen and oxygen atoms in total. The van der Waals surface area contributed by atoms with E-state index in [9.17, 15) is 4.79 Å². The lowest BCUT2D eigenvalue weighted by Crippen LogP contribution is -2.35. The van der Waals surface area contributed by atoms with E-state index in [2.05, 4.69) is 19.3 Å². The minimum absolute atomic E-state index is 0.0197. The van der Waals surface area contributed by atoms with Crippen molar-refractivity contribution in [2.45, 2.75) is 39.5 Å². The fraction of sp³-hybridized carbons (Fsp3) is 0.875. The molecule has 0 bridgehead atoms. The molecular formula is C8H18N2O. The third-order valence-electron chi connectivity index (χ3n) is 1.79. The number of hydrazine groups is 1. The molecule has 0 aromatic rings. The van der Waals surface area contributed by atoms with Crippen LogP contribution in [0.15, 0.2) is 0 Å². The minimum atomic E-state index is -0.0197. The van der Waals surface area contributed by atoms with Crippen LogP contribution in [0.1, 0.15) is 39.5 Å². The Labute approximate surface area is 68.3 Å².